The van der Waals surface area contributed by atoms with Crippen LogP contribution in [0, 0.1) is 0 Å². The zero-order chi connectivity index (χ0) is 11.8. The van der Waals surface area contributed by atoms with Crippen LogP contribution in [0.1, 0.15) is 12.0 Å². The number of pyridine rings is 1. The molecule has 0 bridgehead atoms. The van der Waals surface area contributed by atoms with Gasteiger partial charge >= 0.3 is 0 Å². The predicted octanol–water partition coefficient (Wildman–Crippen LogP) is 1.13. The van der Waals surface area contributed by atoms with Crippen LogP contribution in [0.5, 0.6) is 5.75 Å². The van der Waals surface area contributed by atoms with E-state index in [1.165, 1.54) is 0 Å². The van der Waals surface area contributed by atoms with E-state index >= 15 is 0 Å². The van der Waals surface area contributed by atoms with Crippen molar-refractivity contribution in [2.45, 2.75) is 11.3 Å². The van der Waals surface area contributed by atoms with Crippen molar-refractivity contribution in [2.75, 3.05) is 0 Å². The molecule has 0 saturated carbocycles. The number of nitrogens with two attached hydrogens (primary N) is 1. The lowest BCUT2D eigenvalue weighted by Gasteiger charge is -2.09. The van der Waals surface area contributed by atoms with Crippen molar-refractivity contribution >= 4 is 26.0 Å². The Hall–Kier alpha value is -0.800. The van der Waals surface area contributed by atoms with Crippen LogP contribution < -0.4 is 5.14 Å². The van der Waals surface area contributed by atoms with E-state index < -0.39 is 32.7 Å². The fraction of sp³-hybridized carbons (Fsp3) is 0.167. The second kappa shape index (κ2) is 3.99. The van der Waals surface area contributed by atoms with Crippen LogP contribution in [-0.2, 0) is 10.0 Å². The van der Waals surface area contributed by atoms with E-state index in [2.05, 4.69) is 26.1 Å². The van der Waals surface area contributed by atoms with Gasteiger partial charge < -0.3 is 5.11 Å². The molecule has 1 aromatic rings. The zero-order valence-corrected chi connectivity index (χ0v) is 9.39. The SMILES string of the molecule is NS(=O)(=O)c1cnc(Br)c(O)c1C(F)F. The Bertz CT molecular complexity index is 491. The van der Waals surface area contributed by atoms with E-state index in [0.29, 0.717) is 6.20 Å². The molecule has 9 heteroatoms. The van der Waals surface area contributed by atoms with Gasteiger partial charge in [0.1, 0.15) is 9.50 Å². The molecule has 0 aromatic carbocycles. The van der Waals surface area contributed by atoms with Crippen LogP contribution in [0.3, 0.4) is 0 Å². The second-order valence-corrected chi connectivity index (χ2v) is 4.80. The Labute approximate surface area is 92.1 Å². The second-order valence-electron chi connectivity index (χ2n) is 2.52. The van der Waals surface area contributed by atoms with Gasteiger partial charge in [0, 0.05) is 6.20 Å². The number of nitrogens with zero attached hydrogens (tertiary/aromatic N) is 1. The standard InChI is InChI=1S/C6H5BrF2N2O3S/c7-5-4(12)3(6(8)9)2(1-11-5)15(10,13)14/h1,6,12H,(H2,10,13,14). The molecule has 1 rings (SSSR count). The Kier molecular flexibility index (Phi) is 3.26. The third-order valence-corrected chi connectivity index (χ3v) is 3.05. The molecule has 15 heavy (non-hydrogen) atoms. The van der Waals surface area contributed by atoms with Crippen molar-refractivity contribution in [1.29, 1.82) is 0 Å². The van der Waals surface area contributed by atoms with Gasteiger partial charge in [0.25, 0.3) is 6.43 Å². The van der Waals surface area contributed by atoms with Crippen molar-refractivity contribution in [2.24, 2.45) is 5.14 Å². The van der Waals surface area contributed by atoms with Crippen LogP contribution in [0.15, 0.2) is 15.7 Å². The number of aromatic nitrogens is 1. The van der Waals surface area contributed by atoms with E-state index in [1.807, 2.05) is 0 Å². The highest BCUT2D eigenvalue weighted by molar-refractivity contribution is 9.10. The first-order valence-electron chi connectivity index (χ1n) is 3.43. The third kappa shape index (κ3) is 2.41. The summed E-state index contributed by atoms with van der Waals surface area (Å²) >= 11 is 2.69. The zero-order valence-electron chi connectivity index (χ0n) is 6.99. The Morgan fingerprint density at radius 3 is 2.47 bits per heavy atom. The number of hydrogen-bond acceptors (Lipinski definition) is 4. The van der Waals surface area contributed by atoms with Crippen LogP contribution in [-0.4, -0.2) is 18.5 Å². The number of primary sulfonamides is 1. The monoisotopic (exact) mass is 302 g/mol. The topological polar surface area (TPSA) is 93.3 Å². The first-order valence-corrected chi connectivity index (χ1v) is 5.77. The van der Waals surface area contributed by atoms with Gasteiger partial charge in [-0.05, 0) is 15.9 Å². The molecule has 3 N–H and O–H groups in total. The molecule has 0 radical (unpaired) electrons. The summed E-state index contributed by atoms with van der Waals surface area (Å²) in [6.45, 7) is 0. The van der Waals surface area contributed by atoms with E-state index in [4.69, 9.17) is 0 Å². The lowest BCUT2D eigenvalue weighted by Crippen LogP contribution is -2.15. The average molecular weight is 303 g/mol. The third-order valence-electron chi connectivity index (χ3n) is 1.54. The summed E-state index contributed by atoms with van der Waals surface area (Å²) in [5.41, 5.74) is -1.06. The van der Waals surface area contributed by atoms with Crippen molar-refractivity contribution < 1.29 is 22.3 Å². The molecule has 1 heterocycles. The molecule has 0 spiro atoms. The minimum Gasteiger partial charge on any atom is -0.505 e. The lowest BCUT2D eigenvalue weighted by atomic mass is 10.2. The fourth-order valence-corrected chi connectivity index (χ4v) is 1.92. The number of alkyl halides is 2. The first kappa shape index (κ1) is 12.3. The molecule has 1 aromatic heterocycles. The van der Waals surface area contributed by atoms with Crippen LogP contribution >= 0.6 is 15.9 Å². The molecule has 0 unspecified atom stereocenters. The molecule has 5 nitrogen and oxygen atoms in total. The van der Waals surface area contributed by atoms with E-state index in [9.17, 15) is 22.3 Å². The Morgan fingerprint density at radius 2 is 2.07 bits per heavy atom. The summed E-state index contributed by atoms with van der Waals surface area (Å²) in [6, 6.07) is 0. The quantitative estimate of drug-likeness (QED) is 0.801. The van der Waals surface area contributed by atoms with Gasteiger partial charge in [0.15, 0.2) is 5.75 Å². The van der Waals surface area contributed by atoms with Gasteiger partial charge in [0.05, 0.1) is 5.56 Å². The summed E-state index contributed by atoms with van der Waals surface area (Å²) in [4.78, 5) is 2.47. The minimum atomic E-state index is -4.34. The van der Waals surface area contributed by atoms with Crippen molar-refractivity contribution in [3.05, 3.63) is 16.4 Å². The van der Waals surface area contributed by atoms with E-state index in [-0.39, 0.29) is 4.60 Å². The van der Waals surface area contributed by atoms with Gasteiger partial charge in [-0.25, -0.2) is 27.3 Å². The number of halogens is 3. The number of hydrogen-bond donors (Lipinski definition) is 2. The van der Waals surface area contributed by atoms with E-state index in [0.717, 1.165) is 0 Å². The Balaban J connectivity index is 3.62. The number of sulfonamides is 1. The molecular formula is C6H5BrF2N2O3S. The molecule has 0 fully saturated rings. The number of rotatable bonds is 2. The van der Waals surface area contributed by atoms with Crippen LogP contribution in [0.25, 0.3) is 0 Å². The normalized spacial score (nSPS) is 12.1. The van der Waals surface area contributed by atoms with E-state index in [1.54, 1.807) is 0 Å². The minimum absolute atomic E-state index is 0.273. The Morgan fingerprint density at radius 1 is 1.53 bits per heavy atom. The molecule has 0 aliphatic heterocycles. The maximum atomic E-state index is 12.5. The summed E-state index contributed by atoms with van der Waals surface area (Å²) < 4.78 is 46.5. The summed E-state index contributed by atoms with van der Waals surface area (Å²) in [5, 5.41) is 13.9. The summed E-state index contributed by atoms with van der Waals surface area (Å²) in [7, 11) is -4.34. The van der Waals surface area contributed by atoms with Crippen LogP contribution in [0.2, 0.25) is 0 Å². The molecule has 0 aliphatic carbocycles. The molecule has 0 amide bonds. The highest BCUT2D eigenvalue weighted by Gasteiger charge is 2.26. The lowest BCUT2D eigenvalue weighted by molar-refractivity contribution is 0.143. The largest absolute Gasteiger partial charge is 0.505 e. The van der Waals surface area contributed by atoms with Gasteiger partial charge in [-0.15, -0.1) is 0 Å². The molecule has 0 atom stereocenters. The predicted molar refractivity (Wildman–Crippen MR) is 49.9 cm³/mol. The van der Waals surface area contributed by atoms with Crippen molar-refractivity contribution in [3.63, 3.8) is 0 Å². The maximum Gasteiger partial charge on any atom is 0.268 e. The average Bonchev–Trinajstić information content (AvgIpc) is 2.06. The van der Waals surface area contributed by atoms with Gasteiger partial charge in [-0.1, -0.05) is 0 Å². The highest BCUT2D eigenvalue weighted by Crippen LogP contribution is 2.36. The first-order chi connectivity index (χ1) is 6.75. The summed E-state index contributed by atoms with van der Waals surface area (Å²) in [5.74, 6) is -0.934. The van der Waals surface area contributed by atoms with Gasteiger partial charge in [0.2, 0.25) is 10.0 Å². The molecular weight excluding hydrogens is 298 g/mol. The highest BCUT2D eigenvalue weighted by atomic mass is 79.9. The molecule has 0 saturated heterocycles. The molecule has 84 valence electrons. The van der Waals surface area contributed by atoms with Gasteiger partial charge in [-0.3, -0.25) is 0 Å². The van der Waals surface area contributed by atoms with Gasteiger partial charge in [-0.2, -0.15) is 0 Å². The smallest absolute Gasteiger partial charge is 0.268 e. The molecule has 0 aliphatic rings. The number of aromatic hydroxyl groups is 1. The summed E-state index contributed by atoms with van der Waals surface area (Å²) in [6.07, 6.45) is -2.52. The maximum absolute atomic E-state index is 12.5. The van der Waals surface area contributed by atoms with Crippen molar-refractivity contribution in [1.82, 2.24) is 4.98 Å². The fourth-order valence-electron chi connectivity index (χ4n) is 0.911. The van der Waals surface area contributed by atoms with Crippen molar-refractivity contribution in [3.8, 4) is 5.75 Å². The van der Waals surface area contributed by atoms with Crippen LogP contribution in [0.4, 0.5) is 8.78 Å².